The van der Waals surface area contributed by atoms with Gasteiger partial charge in [-0.2, -0.15) is 0 Å². The molecule has 21 heavy (non-hydrogen) atoms. The first kappa shape index (κ1) is 15.6. The van der Waals surface area contributed by atoms with Crippen molar-refractivity contribution in [1.82, 2.24) is 0 Å². The minimum atomic E-state index is 0.602. The molecule has 0 radical (unpaired) electrons. The SMILES string of the molecule is CCCCc1ccc(OCc2ccccc2CCN)cc1. The molecular weight excluding hydrogens is 258 g/mol. The van der Waals surface area contributed by atoms with Crippen molar-refractivity contribution < 1.29 is 4.74 Å². The van der Waals surface area contributed by atoms with Gasteiger partial charge in [-0.3, -0.25) is 0 Å². The van der Waals surface area contributed by atoms with Gasteiger partial charge in [-0.1, -0.05) is 49.7 Å². The molecule has 2 aromatic rings. The van der Waals surface area contributed by atoms with Gasteiger partial charge in [-0.05, 0) is 54.6 Å². The second kappa shape index (κ2) is 8.48. The summed E-state index contributed by atoms with van der Waals surface area (Å²) in [5.41, 5.74) is 9.53. The zero-order valence-electron chi connectivity index (χ0n) is 12.8. The summed E-state index contributed by atoms with van der Waals surface area (Å²) in [4.78, 5) is 0. The van der Waals surface area contributed by atoms with Gasteiger partial charge < -0.3 is 10.5 Å². The van der Waals surface area contributed by atoms with Gasteiger partial charge >= 0.3 is 0 Å². The average Bonchev–Trinajstić information content (AvgIpc) is 2.53. The fraction of sp³-hybridized carbons (Fsp3) is 0.368. The number of benzene rings is 2. The number of hydrogen-bond donors (Lipinski definition) is 1. The van der Waals surface area contributed by atoms with E-state index in [1.165, 1.54) is 29.5 Å². The van der Waals surface area contributed by atoms with Gasteiger partial charge in [-0.15, -0.1) is 0 Å². The Morgan fingerprint density at radius 3 is 2.29 bits per heavy atom. The lowest BCUT2D eigenvalue weighted by atomic mass is 10.1. The lowest BCUT2D eigenvalue weighted by Gasteiger charge is -2.11. The largest absolute Gasteiger partial charge is 0.489 e. The van der Waals surface area contributed by atoms with Crippen molar-refractivity contribution in [2.45, 2.75) is 39.2 Å². The maximum absolute atomic E-state index is 5.90. The van der Waals surface area contributed by atoms with Gasteiger partial charge in [0.05, 0.1) is 0 Å². The Bertz CT molecular complexity index is 534. The number of ether oxygens (including phenoxy) is 1. The molecule has 2 aromatic carbocycles. The zero-order chi connectivity index (χ0) is 14.9. The predicted octanol–water partition coefficient (Wildman–Crippen LogP) is 4.11. The third kappa shape index (κ3) is 4.91. The van der Waals surface area contributed by atoms with Crippen LogP contribution in [0.25, 0.3) is 0 Å². The lowest BCUT2D eigenvalue weighted by Crippen LogP contribution is -2.07. The van der Waals surface area contributed by atoms with E-state index in [4.69, 9.17) is 10.5 Å². The molecule has 0 heterocycles. The molecule has 0 unspecified atom stereocenters. The summed E-state index contributed by atoms with van der Waals surface area (Å²) in [6.07, 6.45) is 4.52. The van der Waals surface area contributed by atoms with Crippen molar-refractivity contribution in [2.75, 3.05) is 6.54 Å². The number of nitrogens with two attached hydrogens (primary N) is 1. The van der Waals surface area contributed by atoms with Crippen LogP contribution in [0.5, 0.6) is 5.75 Å². The third-order valence-electron chi connectivity index (χ3n) is 3.67. The van der Waals surface area contributed by atoms with E-state index < -0.39 is 0 Å². The molecule has 112 valence electrons. The second-order valence-corrected chi connectivity index (χ2v) is 5.34. The van der Waals surface area contributed by atoms with Gasteiger partial charge in [0.25, 0.3) is 0 Å². The summed E-state index contributed by atoms with van der Waals surface area (Å²) in [7, 11) is 0. The van der Waals surface area contributed by atoms with Crippen LogP contribution in [0.4, 0.5) is 0 Å². The van der Waals surface area contributed by atoms with Gasteiger partial charge in [-0.25, -0.2) is 0 Å². The molecule has 2 N–H and O–H groups in total. The van der Waals surface area contributed by atoms with Crippen molar-refractivity contribution in [3.8, 4) is 5.75 Å². The van der Waals surface area contributed by atoms with E-state index in [9.17, 15) is 0 Å². The highest BCUT2D eigenvalue weighted by Crippen LogP contribution is 2.17. The molecule has 2 nitrogen and oxygen atoms in total. The Labute approximate surface area is 127 Å². The summed E-state index contributed by atoms with van der Waals surface area (Å²) in [6, 6.07) is 16.8. The van der Waals surface area contributed by atoms with E-state index in [0.29, 0.717) is 13.2 Å². The molecule has 0 amide bonds. The number of unbranched alkanes of at least 4 members (excludes halogenated alkanes) is 1. The van der Waals surface area contributed by atoms with Crippen LogP contribution in [0.1, 0.15) is 36.5 Å². The van der Waals surface area contributed by atoms with Crippen molar-refractivity contribution in [3.05, 3.63) is 65.2 Å². The first-order valence-electron chi connectivity index (χ1n) is 7.82. The average molecular weight is 283 g/mol. The topological polar surface area (TPSA) is 35.2 Å². The Balaban J connectivity index is 1.93. The predicted molar refractivity (Wildman–Crippen MR) is 88.6 cm³/mol. The number of aryl methyl sites for hydroxylation is 1. The molecule has 0 aliphatic rings. The lowest BCUT2D eigenvalue weighted by molar-refractivity contribution is 0.305. The maximum Gasteiger partial charge on any atom is 0.119 e. The Morgan fingerprint density at radius 2 is 1.62 bits per heavy atom. The summed E-state index contributed by atoms with van der Waals surface area (Å²) < 4.78 is 5.90. The van der Waals surface area contributed by atoms with Crippen LogP contribution in [0.15, 0.2) is 48.5 Å². The molecule has 0 atom stereocenters. The first-order chi connectivity index (χ1) is 10.3. The monoisotopic (exact) mass is 283 g/mol. The summed E-state index contributed by atoms with van der Waals surface area (Å²) in [6.45, 7) is 3.49. The highest BCUT2D eigenvalue weighted by atomic mass is 16.5. The fourth-order valence-corrected chi connectivity index (χ4v) is 2.39. The van der Waals surface area contributed by atoms with E-state index in [1.54, 1.807) is 0 Å². The van der Waals surface area contributed by atoms with E-state index in [2.05, 4.69) is 49.4 Å². The van der Waals surface area contributed by atoms with Crippen molar-refractivity contribution in [3.63, 3.8) is 0 Å². The maximum atomic E-state index is 5.90. The third-order valence-corrected chi connectivity index (χ3v) is 3.67. The van der Waals surface area contributed by atoms with E-state index >= 15 is 0 Å². The zero-order valence-corrected chi connectivity index (χ0v) is 12.8. The molecule has 0 saturated carbocycles. The number of rotatable bonds is 8. The molecule has 2 heteroatoms. The molecule has 0 fully saturated rings. The fourth-order valence-electron chi connectivity index (χ4n) is 2.39. The molecule has 0 aromatic heterocycles. The standard InChI is InChI=1S/C19H25NO/c1-2-3-6-16-9-11-19(12-10-16)21-15-18-8-5-4-7-17(18)13-14-20/h4-5,7-12H,2-3,6,13-15,20H2,1H3. The molecule has 0 bridgehead atoms. The summed E-state index contributed by atoms with van der Waals surface area (Å²) >= 11 is 0. The summed E-state index contributed by atoms with van der Waals surface area (Å²) in [5, 5.41) is 0. The van der Waals surface area contributed by atoms with Crippen LogP contribution in [0, 0.1) is 0 Å². The van der Waals surface area contributed by atoms with E-state index in [0.717, 1.165) is 18.6 Å². The van der Waals surface area contributed by atoms with Crippen LogP contribution in [0.2, 0.25) is 0 Å². The number of hydrogen-bond acceptors (Lipinski definition) is 2. The Kier molecular flexibility index (Phi) is 6.29. The molecular formula is C19H25NO. The van der Waals surface area contributed by atoms with Crippen LogP contribution in [0.3, 0.4) is 0 Å². The van der Waals surface area contributed by atoms with Crippen molar-refractivity contribution in [1.29, 1.82) is 0 Å². The van der Waals surface area contributed by atoms with E-state index in [1.807, 2.05) is 6.07 Å². The highest BCUT2D eigenvalue weighted by Gasteiger charge is 2.02. The van der Waals surface area contributed by atoms with Crippen molar-refractivity contribution >= 4 is 0 Å². The minimum Gasteiger partial charge on any atom is -0.489 e. The second-order valence-electron chi connectivity index (χ2n) is 5.34. The molecule has 2 rings (SSSR count). The van der Waals surface area contributed by atoms with Gasteiger partial charge in [0.2, 0.25) is 0 Å². The van der Waals surface area contributed by atoms with Crippen LogP contribution in [-0.2, 0) is 19.4 Å². The first-order valence-corrected chi connectivity index (χ1v) is 7.82. The summed E-state index contributed by atoms with van der Waals surface area (Å²) in [5.74, 6) is 0.929. The van der Waals surface area contributed by atoms with Crippen LogP contribution in [-0.4, -0.2) is 6.54 Å². The normalized spacial score (nSPS) is 10.6. The van der Waals surface area contributed by atoms with Crippen LogP contribution < -0.4 is 10.5 Å². The molecule has 0 aliphatic carbocycles. The van der Waals surface area contributed by atoms with Gasteiger partial charge in [0.1, 0.15) is 12.4 Å². The van der Waals surface area contributed by atoms with Gasteiger partial charge in [0.15, 0.2) is 0 Å². The van der Waals surface area contributed by atoms with E-state index in [-0.39, 0.29) is 0 Å². The molecule has 0 spiro atoms. The quantitative estimate of drug-likeness (QED) is 0.791. The van der Waals surface area contributed by atoms with Gasteiger partial charge in [0, 0.05) is 0 Å². The molecule has 0 saturated heterocycles. The van der Waals surface area contributed by atoms with Crippen molar-refractivity contribution in [2.24, 2.45) is 5.73 Å². The molecule has 0 aliphatic heterocycles. The Hall–Kier alpha value is -1.80. The minimum absolute atomic E-state index is 0.602. The van der Waals surface area contributed by atoms with Crippen LogP contribution >= 0.6 is 0 Å². The smallest absolute Gasteiger partial charge is 0.119 e. The Morgan fingerprint density at radius 1 is 0.905 bits per heavy atom. The highest BCUT2D eigenvalue weighted by molar-refractivity contribution is 5.30.